The van der Waals surface area contributed by atoms with E-state index in [2.05, 4.69) is 17.2 Å². The molecule has 1 aliphatic carbocycles. The van der Waals surface area contributed by atoms with E-state index in [0.717, 1.165) is 18.1 Å². The Labute approximate surface area is 84.7 Å². The molecule has 1 aromatic rings. The second-order valence-electron chi connectivity index (χ2n) is 4.46. The first-order chi connectivity index (χ1) is 6.70. The fourth-order valence-corrected chi connectivity index (χ4v) is 1.82. The van der Waals surface area contributed by atoms with E-state index in [9.17, 15) is 0 Å². The molecule has 0 aliphatic heterocycles. The molecule has 0 aromatic carbocycles. The zero-order valence-corrected chi connectivity index (χ0v) is 8.59. The molecule has 0 atom stereocenters. The quantitative estimate of drug-likeness (QED) is 0.770. The van der Waals surface area contributed by atoms with Crippen LogP contribution in [0.3, 0.4) is 0 Å². The molecular formula is C11H17N3. The zero-order valence-electron chi connectivity index (χ0n) is 8.59. The minimum Gasteiger partial charge on any atom is -0.396 e. The highest BCUT2D eigenvalue weighted by Gasteiger charge is 2.31. The van der Waals surface area contributed by atoms with Crippen molar-refractivity contribution in [2.24, 2.45) is 5.41 Å². The average Bonchev–Trinajstić information content (AvgIpc) is 2.14. The highest BCUT2D eigenvalue weighted by atomic mass is 15.0. The topological polar surface area (TPSA) is 50.9 Å². The van der Waals surface area contributed by atoms with Gasteiger partial charge >= 0.3 is 0 Å². The van der Waals surface area contributed by atoms with Gasteiger partial charge in [0.25, 0.3) is 0 Å². The molecule has 14 heavy (non-hydrogen) atoms. The van der Waals surface area contributed by atoms with Crippen molar-refractivity contribution in [1.82, 2.24) is 4.98 Å². The predicted molar refractivity (Wildman–Crippen MR) is 59.1 cm³/mol. The molecule has 1 saturated carbocycles. The van der Waals surface area contributed by atoms with E-state index in [4.69, 9.17) is 5.73 Å². The van der Waals surface area contributed by atoms with Gasteiger partial charge < -0.3 is 11.1 Å². The van der Waals surface area contributed by atoms with Crippen LogP contribution in [0.25, 0.3) is 0 Å². The summed E-state index contributed by atoms with van der Waals surface area (Å²) in [5, 5.41) is 3.32. The molecule has 0 saturated heterocycles. The molecule has 1 heterocycles. The van der Waals surface area contributed by atoms with Crippen LogP contribution in [0.2, 0.25) is 0 Å². The Morgan fingerprint density at radius 1 is 1.57 bits per heavy atom. The van der Waals surface area contributed by atoms with E-state index in [1.807, 2.05) is 12.1 Å². The summed E-state index contributed by atoms with van der Waals surface area (Å²) in [4.78, 5) is 4.20. The molecule has 3 heteroatoms. The van der Waals surface area contributed by atoms with E-state index in [0.29, 0.717) is 5.41 Å². The minimum atomic E-state index is 0.462. The monoisotopic (exact) mass is 191 g/mol. The third-order valence-corrected chi connectivity index (χ3v) is 3.08. The lowest BCUT2D eigenvalue weighted by Crippen LogP contribution is -2.33. The molecule has 76 valence electrons. The van der Waals surface area contributed by atoms with Crippen molar-refractivity contribution in [3.8, 4) is 0 Å². The van der Waals surface area contributed by atoms with Crippen molar-refractivity contribution in [1.29, 1.82) is 0 Å². The van der Waals surface area contributed by atoms with Gasteiger partial charge in [-0.1, -0.05) is 13.3 Å². The maximum atomic E-state index is 5.78. The summed E-state index contributed by atoms with van der Waals surface area (Å²) in [5.41, 5.74) is 6.98. The lowest BCUT2D eigenvalue weighted by molar-refractivity contribution is 0.180. The predicted octanol–water partition coefficient (Wildman–Crippen LogP) is 2.27. The fraction of sp³-hybridized carbons (Fsp3) is 0.545. The normalized spacial score (nSPS) is 18.6. The number of rotatable bonds is 3. The Bertz CT molecular complexity index is 318. The number of nitrogens with two attached hydrogens (primary N) is 1. The maximum absolute atomic E-state index is 5.78. The third kappa shape index (κ3) is 1.81. The van der Waals surface area contributed by atoms with Gasteiger partial charge in [0, 0.05) is 12.7 Å². The van der Waals surface area contributed by atoms with Crippen LogP contribution in [-0.4, -0.2) is 11.5 Å². The standard InChI is InChI=1S/C11H17N3/c1-11(5-3-6-11)8-14-10-9(12)4-2-7-13-10/h2,4,7H,3,5-6,8,12H2,1H3,(H,13,14). The number of anilines is 2. The minimum absolute atomic E-state index is 0.462. The van der Waals surface area contributed by atoms with E-state index in [1.54, 1.807) is 6.20 Å². The highest BCUT2D eigenvalue weighted by Crippen LogP contribution is 2.40. The zero-order chi connectivity index (χ0) is 10.0. The number of nitrogen functional groups attached to an aromatic ring is 1. The summed E-state index contributed by atoms with van der Waals surface area (Å²) in [5.74, 6) is 0.820. The van der Waals surface area contributed by atoms with Crippen molar-refractivity contribution in [3.05, 3.63) is 18.3 Å². The molecule has 0 amide bonds. The van der Waals surface area contributed by atoms with Gasteiger partial charge in [0.05, 0.1) is 5.69 Å². The van der Waals surface area contributed by atoms with Crippen LogP contribution in [0.15, 0.2) is 18.3 Å². The smallest absolute Gasteiger partial charge is 0.149 e. The van der Waals surface area contributed by atoms with Gasteiger partial charge in [-0.25, -0.2) is 4.98 Å². The largest absolute Gasteiger partial charge is 0.396 e. The van der Waals surface area contributed by atoms with E-state index < -0.39 is 0 Å². The number of hydrogen-bond donors (Lipinski definition) is 2. The molecule has 0 spiro atoms. The van der Waals surface area contributed by atoms with Gasteiger partial charge in [0.15, 0.2) is 0 Å². The van der Waals surface area contributed by atoms with Crippen molar-refractivity contribution in [2.45, 2.75) is 26.2 Å². The van der Waals surface area contributed by atoms with E-state index in [-0.39, 0.29) is 0 Å². The van der Waals surface area contributed by atoms with E-state index >= 15 is 0 Å². The summed E-state index contributed by atoms with van der Waals surface area (Å²) < 4.78 is 0. The SMILES string of the molecule is CC1(CNc2ncccc2N)CCC1. The van der Waals surface area contributed by atoms with Gasteiger partial charge in [0.1, 0.15) is 5.82 Å². The van der Waals surface area contributed by atoms with Crippen LogP contribution in [0.5, 0.6) is 0 Å². The van der Waals surface area contributed by atoms with Crippen LogP contribution in [-0.2, 0) is 0 Å². The van der Waals surface area contributed by atoms with Crippen LogP contribution in [0.4, 0.5) is 11.5 Å². The number of aromatic nitrogens is 1. The molecule has 0 unspecified atom stereocenters. The summed E-state index contributed by atoms with van der Waals surface area (Å²) in [7, 11) is 0. The van der Waals surface area contributed by atoms with E-state index in [1.165, 1.54) is 19.3 Å². The van der Waals surface area contributed by atoms with Crippen molar-refractivity contribution < 1.29 is 0 Å². The van der Waals surface area contributed by atoms with Crippen LogP contribution in [0, 0.1) is 5.41 Å². The van der Waals surface area contributed by atoms with Crippen molar-refractivity contribution in [3.63, 3.8) is 0 Å². The maximum Gasteiger partial charge on any atom is 0.149 e. The van der Waals surface area contributed by atoms with Gasteiger partial charge in [0.2, 0.25) is 0 Å². The Hall–Kier alpha value is -1.25. The Morgan fingerprint density at radius 3 is 2.93 bits per heavy atom. The second-order valence-corrected chi connectivity index (χ2v) is 4.46. The molecule has 1 aromatic heterocycles. The molecule has 3 N–H and O–H groups in total. The molecule has 1 aliphatic rings. The molecule has 0 radical (unpaired) electrons. The van der Waals surface area contributed by atoms with Crippen LogP contribution >= 0.6 is 0 Å². The molecule has 2 rings (SSSR count). The van der Waals surface area contributed by atoms with Crippen LogP contribution in [0.1, 0.15) is 26.2 Å². The van der Waals surface area contributed by atoms with Crippen molar-refractivity contribution >= 4 is 11.5 Å². The summed E-state index contributed by atoms with van der Waals surface area (Å²) >= 11 is 0. The van der Waals surface area contributed by atoms with Gasteiger partial charge in [-0.05, 0) is 30.4 Å². The molecular weight excluding hydrogens is 174 g/mol. The molecule has 1 fully saturated rings. The first kappa shape index (κ1) is 9.31. The Morgan fingerprint density at radius 2 is 2.36 bits per heavy atom. The molecule has 0 bridgehead atoms. The van der Waals surface area contributed by atoms with Gasteiger partial charge in [-0.3, -0.25) is 0 Å². The lowest BCUT2D eigenvalue weighted by atomic mass is 9.70. The molecule has 3 nitrogen and oxygen atoms in total. The first-order valence-corrected chi connectivity index (χ1v) is 5.14. The van der Waals surface area contributed by atoms with Crippen molar-refractivity contribution in [2.75, 3.05) is 17.6 Å². The number of pyridine rings is 1. The Balaban J connectivity index is 1.95. The fourth-order valence-electron chi connectivity index (χ4n) is 1.82. The number of nitrogens with zero attached hydrogens (tertiary/aromatic N) is 1. The second kappa shape index (κ2) is 3.48. The third-order valence-electron chi connectivity index (χ3n) is 3.08. The van der Waals surface area contributed by atoms with Crippen LogP contribution < -0.4 is 11.1 Å². The first-order valence-electron chi connectivity index (χ1n) is 5.14. The average molecular weight is 191 g/mol. The highest BCUT2D eigenvalue weighted by molar-refractivity contribution is 5.60. The summed E-state index contributed by atoms with van der Waals surface area (Å²) in [6.07, 6.45) is 5.75. The summed E-state index contributed by atoms with van der Waals surface area (Å²) in [6, 6.07) is 3.73. The number of hydrogen-bond acceptors (Lipinski definition) is 3. The number of nitrogens with one attached hydrogen (secondary N) is 1. The van der Waals surface area contributed by atoms with Gasteiger partial charge in [-0.15, -0.1) is 0 Å². The van der Waals surface area contributed by atoms with Gasteiger partial charge in [-0.2, -0.15) is 0 Å². The Kier molecular flexibility index (Phi) is 2.32. The summed E-state index contributed by atoms with van der Waals surface area (Å²) in [6.45, 7) is 3.29. The lowest BCUT2D eigenvalue weighted by Gasteiger charge is -2.38.